The van der Waals surface area contributed by atoms with E-state index in [1.807, 2.05) is 30.3 Å². The Morgan fingerprint density at radius 2 is 1.71 bits per heavy atom. The molecule has 1 aromatic carbocycles. The fraction of sp³-hybridized carbons (Fsp3) is 0. The third-order valence-corrected chi connectivity index (χ3v) is 2.35. The molecule has 0 aliphatic rings. The lowest BCUT2D eigenvalue weighted by Crippen LogP contribution is -2.07. The van der Waals surface area contributed by atoms with E-state index >= 15 is 0 Å². The van der Waals surface area contributed by atoms with Crippen LogP contribution in [0.4, 0.5) is 11.9 Å². The first-order chi connectivity index (χ1) is 8.25. The van der Waals surface area contributed by atoms with Gasteiger partial charge in [0.2, 0.25) is 11.9 Å². The van der Waals surface area contributed by atoms with Gasteiger partial charge in [0.1, 0.15) is 0 Å². The van der Waals surface area contributed by atoms with Crippen molar-refractivity contribution in [2.45, 2.75) is 0 Å². The minimum absolute atomic E-state index is 0.0852. The highest BCUT2D eigenvalue weighted by Crippen LogP contribution is 2.19. The van der Waals surface area contributed by atoms with Gasteiger partial charge in [-0.1, -0.05) is 30.3 Å². The van der Waals surface area contributed by atoms with E-state index in [-0.39, 0.29) is 11.9 Å². The smallest absolute Gasteiger partial charge is 0.261 e. The summed E-state index contributed by atoms with van der Waals surface area (Å²) < 4.78 is 1.56. The van der Waals surface area contributed by atoms with Gasteiger partial charge in [-0.15, -0.1) is 10.2 Å². The van der Waals surface area contributed by atoms with E-state index in [9.17, 15) is 0 Å². The minimum atomic E-state index is 0.0852. The van der Waals surface area contributed by atoms with E-state index in [1.165, 1.54) is 0 Å². The Balaban J connectivity index is 2.32. The van der Waals surface area contributed by atoms with Crippen LogP contribution in [-0.4, -0.2) is 24.6 Å². The molecule has 2 heterocycles. The van der Waals surface area contributed by atoms with Crippen molar-refractivity contribution in [2.75, 3.05) is 11.5 Å². The molecule has 17 heavy (non-hydrogen) atoms. The van der Waals surface area contributed by atoms with Crippen molar-refractivity contribution in [1.82, 2.24) is 24.6 Å². The van der Waals surface area contributed by atoms with E-state index < -0.39 is 0 Å². The second-order valence-corrected chi connectivity index (χ2v) is 3.47. The van der Waals surface area contributed by atoms with Gasteiger partial charge in [0.15, 0.2) is 5.82 Å². The fourth-order valence-corrected chi connectivity index (χ4v) is 1.63. The maximum Gasteiger partial charge on any atom is 0.261 e. The summed E-state index contributed by atoms with van der Waals surface area (Å²) >= 11 is 0. The fourth-order valence-electron chi connectivity index (χ4n) is 1.63. The normalized spacial score (nSPS) is 10.8. The van der Waals surface area contributed by atoms with E-state index in [4.69, 9.17) is 11.5 Å². The molecule has 2 aromatic heterocycles. The monoisotopic (exact) mass is 227 g/mol. The van der Waals surface area contributed by atoms with Crippen LogP contribution in [0.15, 0.2) is 30.3 Å². The lowest BCUT2D eigenvalue weighted by Gasteiger charge is -2.02. The van der Waals surface area contributed by atoms with Crippen LogP contribution >= 0.6 is 0 Å². The third kappa shape index (κ3) is 1.44. The first-order valence-electron chi connectivity index (χ1n) is 4.95. The van der Waals surface area contributed by atoms with Gasteiger partial charge in [0.05, 0.1) is 0 Å². The standard InChI is InChI=1S/C10H9N7/c11-8-13-9(12)17-7(15-16-10(17)14-8)6-4-2-1-3-5-6/h1-5H,(H4,11,12,13,14,16). The highest BCUT2D eigenvalue weighted by atomic mass is 15.3. The van der Waals surface area contributed by atoms with Crippen molar-refractivity contribution in [3.8, 4) is 11.4 Å². The number of benzene rings is 1. The number of fused-ring (bicyclic) bond motifs is 1. The van der Waals surface area contributed by atoms with Gasteiger partial charge in [-0.2, -0.15) is 9.97 Å². The van der Waals surface area contributed by atoms with Crippen molar-refractivity contribution in [3.05, 3.63) is 30.3 Å². The van der Waals surface area contributed by atoms with E-state index in [0.717, 1.165) is 5.56 Å². The van der Waals surface area contributed by atoms with Crippen molar-refractivity contribution in [2.24, 2.45) is 0 Å². The summed E-state index contributed by atoms with van der Waals surface area (Å²) in [4.78, 5) is 7.85. The van der Waals surface area contributed by atoms with Crippen LogP contribution in [0, 0.1) is 0 Å². The molecular weight excluding hydrogens is 218 g/mol. The molecule has 0 aliphatic heterocycles. The maximum atomic E-state index is 5.79. The molecule has 3 aromatic rings. The van der Waals surface area contributed by atoms with Crippen LogP contribution in [0.3, 0.4) is 0 Å². The van der Waals surface area contributed by atoms with E-state index in [2.05, 4.69) is 20.2 Å². The number of rotatable bonds is 1. The number of hydrogen-bond donors (Lipinski definition) is 2. The molecule has 3 rings (SSSR count). The Hall–Kier alpha value is -2.70. The molecule has 0 bridgehead atoms. The van der Waals surface area contributed by atoms with E-state index in [1.54, 1.807) is 4.40 Å². The summed E-state index contributed by atoms with van der Waals surface area (Å²) in [5.74, 6) is 1.24. The Kier molecular flexibility index (Phi) is 1.91. The Labute approximate surface area is 96.1 Å². The molecule has 0 amide bonds. The molecule has 0 radical (unpaired) electrons. The Morgan fingerprint density at radius 1 is 0.941 bits per heavy atom. The number of anilines is 2. The van der Waals surface area contributed by atoms with Crippen molar-refractivity contribution in [1.29, 1.82) is 0 Å². The lowest BCUT2D eigenvalue weighted by molar-refractivity contribution is 1.04. The van der Waals surface area contributed by atoms with Crippen molar-refractivity contribution >= 4 is 17.7 Å². The molecule has 4 N–H and O–H groups in total. The predicted octanol–water partition coefficient (Wildman–Crippen LogP) is 0.351. The van der Waals surface area contributed by atoms with Crippen LogP contribution in [0.5, 0.6) is 0 Å². The van der Waals surface area contributed by atoms with E-state index in [0.29, 0.717) is 11.6 Å². The van der Waals surface area contributed by atoms with Gasteiger partial charge in [0.25, 0.3) is 5.78 Å². The van der Waals surface area contributed by atoms with Gasteiger partial charge in [-0.25, -0.2) is 4.40 Å². The summed E-state index contributed by atoms with van der Waals surface area (Å²) in [7, 11) is 0. The second kappa shape index (κ2) is 3.41. The average molecular weight is 227 g/mol. The summed E-state index contributed by atoms with van der Waals surface area (Å²) in [6.45, 7) is 0. The quantitative estimate of drug-likeness (QED) is 0.621. The van der Waals surface area contributed by atoms with Crippen LogP contribution in [-0.2, 0) is 0 Å². The zero-order valence-corrected chi connectivity index (χ0v) is 8.78. The topological polar surface area (TPSA) is 108 Å². The molecule has 0 spiro atoms. The molecule has 84 valence electrons. The molecule has 7 nitrogen and oxygen atoms in total. The highest BCUT2D eigenvalue weighted by Gasteiger charge is 2.12. The van der Waals surface area contributed by atoms with Gasteiger partial charge in [-0.3, -0.25) is 0 Å². The average Bonchev–Trinajstić information content (AvgIpc) is 2.74. The van der Waals surface area contributed by atoms with Gasteiger partial charge in [-0.05, 0) is 0 Å². The van der Waals surface area contributed by atoms with Crippen molar-refractivity contribution in [3.63, 3.8) is 0 Å². The number of hydrogen-bond acceptors (Lipinski definition) is 6. The molecule has 7 heteroatoms. The first kappa shape index (κ1) is 9.52. The van der Waals surface area contributed by atoms with Gasteiger partial charge < -0.3 is 11.5 Å². The van der Waals surface area contributed by atoms with Crippen LogP contribution in [0.1, 0.15) is 0 Å². The predicted molar refractivity (Wildman–Crippen MR) is 62.8 cm³/mol. The van der Waals surface area contributed by atoms with Crippen LogP contribution in [0.25, 0.3) is 17.2 Å². The first-order valence-corrected chi connectivity index (χ1v) is 4.95. The molecule has 0 saturated carbocycles. The van der Waals surface area contributed by atoms with Crippen LogP contribution < -0.4 is 11.5 Å². The van der Waals surface area contributed by atoms with Gasteiger partial charge >= 0.3 is 0 Å². The molecule has 0 unspecified atom stereocenters. The SMILES string of the molecule is Nc1nc(N)n2c(-c3ccccc3)nnc2n1. The molecule has 0 aliphatic carbocycles. The minimum Gasteiger partial charge on any atom is -0.369 e. The Morgan fingerprint density at radius 3 is 2.47 bits per heavy atom. The summed E-state index contributed by atoms with van der Waals surface area (Å²) in [6.07, 6.45) is 0. The summed E-state index contributed by atoms with van der Waals surface area (Å²) in [5, 5.41) is 7.96. The number of nitrogens with two attached hydrogens (primary N) is 2. The zero-order chi connectivity index (χ0) is 11.8. The molecule has 0 atom stereocenters. The summed E-state index contributed by atoms with van der Waals surface area (Å²) in [6, 6.07) is 9.55. The highest BCUT2D eigenvalue weighted by molar-refractivity contribution is 5.60. The number of nitrogens with zero attached hydrogens (tertiary/aromatic N) is 5. The second-order valence-electron chi connectivity index (χ2n) is 3.47. The Bertz CT molecular complexity index is 674. The summed E-state index contributed by atoms with van der Waals surface area (Å²) in [5.41, 5.74) is 12.2. The number of nitrogen functional groups attached to an aromatic ring is 2. The molecular formula is C10H9N7. The molecule has 0 saturated heterocycles. The van der Waals surface area contributed by atoms with Crippen LogP contribution in [0.2, 0.25) is 0 Å². The number of aromatic nitrogens is 5. The zero-order valence-electron chi connectivity index (χ0n) is 8.78. The lowest BCUT2D eigenvalue weighted by atomic mass is 10.2. The molecule has 0 fully saturated rings. The largest absolute Gasteiger partial charge is 0.369 e. The van der Waals surface area contributed by atoms with Gasteiger partial charge in [0, 0.05) is 5.56 Å². The third-order valence-electron chi connectivity index (χ3n) is 2.35. The van der Waals surface area contributed by atoms with Crippen molar-refractivity contribution < 1.29 is 0 Å². The maximum absolute atomic E-state index is 5.79.